The predicted molar refractivity (Wildman–Crippen MR) is 104 cm³/mol. The quantitative estimate of drug-likeness (QED) is 0.704. The first-order chi connectivity index (χ1) is 13.1. The van der Waals surface area contributed by atoms with Gasteiger partial charge in [-0.25, -0.2) is 0 Å². The molecule has 3 heterocycles. The first-order valence-electron chi connectivity index (χ1n) is 10.1. The lowest BCUT2D eigenvalue weighted by Gasteiger charge is -2.37. The number of amides is 2. The molecule has 1 aromatic rings. The van der Waals surface area contributed by atoms with Gasteiger partial charge in [0.1, 0.15) is 0 Å². The van der Waals surface area contributed by atoms with Gasteiger partial charge in [0.15, 0.2) is 0 Å². The second kappa shape index (κ2) is 9.28. The van der Waals surface area contributed by atoms with E-state index in [0.29, 0.717) is 19.5 Å². The molecular formula is C20H31N5O2. The van der Waals surface area contributed by atoms with Crippen molar-refractivity contribution in [1.29, 1.82) is 0 Å². The van der Waals surface area contributed by atoms with E-state index < -0.39 is 0 Å². The number of carbonyl (C=O) groups excluding carboxylic acids is 2. The summed E-state index contributed by atoms with van der Waals surface area (Å²) < 4.78 is 0. The number of fused-ring (bicyclic) bond motifs is 1. The Balaban J connectivity index is 1.54. The Morgan fingerprint density at radius 2 is 2.19 bits per heavy atom. The fraction of sp³-hybridized carbons (Fsp3) is 0.650. The van der Waals surface area contributed by atoms with Gasteiger partial charge in [-0.15, -0.1) is 0 Å². The van der Waals surface area contributed by atoms with E-state index in [9.17, 15) is 9.59 Å². The summed E-state index contributed by atoms with van der Waals surface area (Å²) >= 11 is 0. The first kappa shape index (κ1) is 19.8. The van der Waals surface area contributed by atoms with E-state index in [2.05, 4.69) is 20.5 Å². The van der Waals surface area contributed by atoms with Crippen LogP contribution in [-0.2, 0) is 16.1 Å². The molecule has 0 spiro atoms. The number of aromatic nitrogens is 1. The Kier molecular flexibility index (Phi) is 6.79. The van der Waals surface area contributed by atoms with Crippen LogP contribution in [0.5, 0.6) is 0 Å². The first-order valence-corrected chi connectivity index (χ1v) is 10.1. The Bertz CT molecular complexity index is 635. The van der Waals surface area contributed by atoms with Crippen LogP contribution in [0.3, 0.4) is 0 Å². The van der Waals surface area contributed by atoms with Gasteiger partial charge in [-0.3, -0.25) is 19.5 Å². The number of rotatable bonds is 8. The van der Waals surface area contributed by atoms with E-state index in [1.165, 1.54) is 0 Å². The summed E-state index contributed by atoms with van der Waals surface area (Å²) in [5.41, 5.74) is 1.01. The molecule has 2 aliphatic heterocycles. The monoisotopic (exact) mass is 373 g/mol. The van der Waals surface area contributed by atoms with E-state index in [-0.39, 0.29) is 29.9 Å². The number of carbonyl (C=O) groups is 2. The Morgan fingerprint density at radius 3 is 2.89 bits per heavy atom. The number of pyridine rings is 1. The minimum atomic E-state index is -0.0893. The van der Waals surface area contributed by atoms with Crippen molar-refractivity contribution in [2.75, 3.05) is 26.2 Å². The lowest BCUT2D eigenvalue weighted by atomic mass is 10.0. The molecule has 3 atom stereocenters. The molecule has 0 radical (unpaired) electrons. The molecule has 27 heavy (non-hydrogen) atoms. The van der Waals surface area contributed by atoms with E-state index in [0.717, 1.165) is 38.2 Å². The second-order valence-corrected chi connectivity index (χ2v) is 7.35. The number of nitrogens with zero attached hydrogens (tertiary/aromatic N) is 3. The van der Waals surface area contributed by atoms with Crippen LogP contribution in [0.25, 0.3) is 0 Å². The molecule has 2 N–H and O–H groups in total. The molecular weight excluding hydrogens is 342 g/mol. The summed E-state index contributed by atoms with van der Waals surface area (Å²) in [4.78, 5) is 33.2. The van der Waals surface area contributed by atoms with Crippen LogP contribution in [-0.4, -0.2) is 70.9 Å². The lowest BCUT2D eigenvalue weighted by Crippen LogP contribution is -2.58. The van der Waals surface area contributed by atoms with E-state index >= 15 is 0 Å². The van der Waals surface area contributed by atoms with Gasteiger partial charge in [0.2, 0.25) is 11.8 Å². The Labute approximate surface area is 161 Å². The fourth-order valence-electron chi connectivity index (χ4n) is 4.17. The van der Waals surface area contributed by atoms with Crippen LogP contribution in [0.2, 0.25) is 0 Å². The number of hydrogen-bond donors (Lipinski definition) is 2. The highest BCUT2D eigenvalue weighted by molar-refractivity contribution is 5.83. The zero-order valence-corrected chi connectivity index (χ0v) is 16.4. The maximum atomic E-state index is 12.3. The third-order valence-electron chi connectivity index (χ3n) is 5.73. The van der Waals surface area contributed by atoms with E-state index in [1.54, 1.807) is 6.20 Å². The molecule has 7 heteroatoms. The van der Waals surface area contributed by atoms with Gasteiger partial charge in [-0.2, -0.15) is 0 Å². The third kappa shape index (κ3) is 4.84. The van der Waals surface area contributed by atoms with Crippen LogP contribution in [0.15, 0.2) is 24.4 Å². The van der Waals surface area contributed by atoms with Gasteiger partial charge < -0.3 is 15.5 Å². The van der Waals surface area contributed by atoms with Gasteiger partial charge in [0.05, 0.1) is 11.7 Å². The van der Waals surface area contributed by atoms with Crippen LogP contribution in [0.4, 0.5) is 0 Å². The highest BCUT2D eigenvalue weighted by atomic mass is 16.2. The van der Waals surface area contributed by atoms with E-state index in [4.69, 9.17) is 0 Å². The average molecular weight is 374 g/mol. The number of hydrogen-bond acceptors (Lipinski definition) is 5. The zero-order valence-electron chi connectivity index (χ0n) is 16.4. The largest absolute Gasteiger partial charge is 0.353 e. The molecule has 2 amide bonds. The van der Waals surface area contributed by atoms with Crippen LogP contribution in [0.1, 0.15) is 38.8 Å². The van der Waals surface area contributed by atoms with Gasteiger partial charge in [-0.1, -0.05) is 6.07 Å². The smallest absolute Gasteiger partial charge is 0.237 e. The summed E-state index contributed by atoms with van der Waals surface area (Å²) in [5.74, 6) is 0.320. The van der Waals surface area contributed by atoms with Gasteiger partial charge in [0, 0.05) is 57.4 Å². The summed E-state index contributed by atoms with van der Waals surface area (Å²) in [7, 11) is 0. The van der Waals surface area contributed by atoms with Gasteiger partial charge in [0.25, 0.3) is 0 Å². The summed E-state index contributed by atoms with van der Waals surface area (Å²) in [5, 5.41) is 6.57. The van der Waals surface area contributed by atoms with Crippen molar-refractivity contribution in [3.63, 3.8) is 0 Å². The summed E-state index contributed by atoms with van der Waals surface area (Å²) in [6.07, 6.45) is 3.93. The van der Waals surface area contributed by atoms with Crippen LogP contribution < -0.4 is 10.6 Å². The molecule has 3 rings (SSSR count). The van der Waals surface area contributed by atoms with Crippen molar-refractivity contribution < 1.29 is 9.59 Å². The number of nitrogens with one attached hydrogen (secondary N) is 2. The van der Waals surface area contributed by atoms with Crippen molar-refractivity contribution >= 4 is 11.8 Å². The minimum absolute atomic E-state index is 0.0893. The van der Waals surface area contributed by atoms with Crippen molar-refractivity contribution in [3.8, 4) is 0 Å². The Morgan fingerprint density at radius 1 is 1.37 bits per heavy atom. The minimum Gasteiger partial charge on any atom is -0.353 e. The van der Waals surface area contributed by atoms with Crippen molar-refractivity contribution in [2.24, 2.45) is 0 Å². The molecule has 7 nitrogen and oxygen atoms in total. The summed E-state index contributed by atoms with van der Waals surface area (Å²) in [6.45, 7) is 7.71. The number of piperazine rings is 1. The Hall–Kier alpha value is -1.99. The molecule has 148 valence electrons. The van der Waals surface area contributed by atoms with Gasteiger partial charge >= 0.3 is 0 Å². The van der Waals surface area contributed by atoms with Crippen molar-refractivity contribution in [3.05, 3.63) is 30.1 Å². The highest BCUT2D eigenvalue weighted by Crippen LogP contribution is 2.26. The second-order valence-electron chi connectivity index (χ2n) is 7.35. The highest BCUT2D eigenvalue weighted by Gasteiger charge is 2.43. The SMILES string of the molecule is CCN(CC)C(=O)CCC1CNC(=O)C2CC(NCc3ccccn3)CN12. The topological polar surface area (TPSA) is 77.6 Å². The maximum absolute atomic E-state index is 12.3. The molecule has 0 aliphatic carbocycles. The van der Waals surface area contributed by atoms with E-state index in [1.807, 2.05) is 36.9 Å². The van der Waals surface area contributed by atoms with Crippen LogP contribution in [0, 0.1) is 0 Å². The molecule has 2 fully saturated rings. The van der Waals surface area contributed by atoms with Crippen LogP contribution >= 0.6 is 0 Å². The molecule has 2 aliphatic rings. The molecule has 0 aromatic carbocycles. The zero-order chi connectivity index (χ0) is 19.2. The molecule has 0 bridgehead atoms. The molecule has 2 saturated heterocycles. The third-order valence-corrected chi connectivity index (χ3v) is 5.73. The van der Waals surface area contributed by atoms with Crippen molar-refractivity contribution in [1.82, 2.24) is 25.4 Å². The standard InChI is InChI=1S/C20H31N5O2/c1-3-24(4-2)19(26)9-8-17-13-23-20(27)18-11-16(14-25(17)18)22-12-15-7-5-6-10-21-15/h5-7,10,16-18,22H,3-4,8-9,11-14H2,1-2H3,(H,23,27). The fourth-order valence-corrected chi connectivity index (χ4v) is 4.17. The van der Waals surface area contributed by atoms with Gasteiger partial charge in [-0.05, 0) is 38.8 Å². The average Bonchev–Trinajstić information content (AvgIpc) is 3.13. The maximum Gasteiger partial charge on any atom is 0.237 e. The molecule has 0 saturated carbocycles. The lowest BCUT2D eigenvalue weighted by molar-refractivity contribution is -0.132. The summed E-state index contributed by atoms with van der Waals surface area (Å²) in [6, 6.07) is 6.31. The predicted octanol–water partition coefficient (Wildman–Crippen LogP) is 0.761. The molecule has 1 aromatic heterocycles. The molecule has 3 unspecified atom stereocenters. The van der Waals surface area contributed by atoms with Crippen molar-refractivity contribution in [2.45, 2.75) is 57.8 Å². The normalized spacial score (nSPS) is 25.1.